The van der Waals surface area contributed by atoms with Crippen LogP contribution in [0.25, 0.3) is 6.08 Å². The second kappa shape index (κ2) is 10.2. The highest BCUT2D eigenvalue weighted by Gasteiger charge is 2.30. The van der Waals surface area contributed by atoms with E-state index >= 15 is 0 Å². The first-order valence-corrected chi connectivity index (χ1v) is 14.4. The zero-order valence-electron chi connectivity index (χ0n) is 19.5. The Bertz CT molecular complexity index is 1600. The first-order chi connectivity index (χ1) is 17.8. The lowest BCUT2D eigenvalue weighted by Crippen LogP contribution is -2.37. The number of hydrogen-bond acceptors (Lipinski definition) is 8. The minimum atomic E-state index is -3.93. The van der Waals surface area contributed by atoms with Gasteiger partial charge in [0.15, 0.2) is 0 Å². The first kappa shape index (κ1) is 24.8. The number of amides is 2. The Labute approximate surface area is 221 Å². The number of thiophene rings is 2. The summed E-state index contributed by atoms with van der Waals surface area (Å²) in [7, 11) is -3.93. The van der Waals surface area contributed by atoms with Gasteiger partial charge in [-0.3, -0.25) is 9.59 Å². The van der Waals surface area contributed by atoms with Crippen LogP contribution in [0.15, 0.2) is 76.1 Å². The number of aryl methyl sites for hydroxylation is 1. The molecule has 4 heterocycles. The van der Waals surface area contributed by atoms with Gasteiger partial charge in [0.2, 0.25) is 5.95 Å². The van der Waals surface area contributed by atoms with Gasteiger partial charge in [-0.25, -0.2) is 23.1 Å². The molecule has 5 rings (SSSR count). The standard InChI is InChI=1S/C25H21N5O4S3/c1-16-8-10-26-25(27-16)29-37(33,34)19-6-7-21-17(14-19)9-11-30(21)24(32)20(15-18-4-2-12-35-18)28-23(31)22-5-3-13-36-22/h2-8,10,12-15H,9,11H2,1H3,(H,28,31)(H,26,27,29). The van der Waals surface area contributed by atoms with E-state index in [1.807, 2.05) is 17.5 Å². The van der Waals surface area contributed by atoms with Gasteiger partial charge in [-0.15, -0.1) is 22.7 Å². The summed E-state index contributed by atoms with van der Waals surface area (Å²) in [6.45, 7) is 2.09. The van der Waals surface area contributed by atoms with Gasteiger partial charge in [-0.2, -0.15) is 0 Å². The molecule has 1 aromatic carbocycles. The van der Waals surface area contributed by atoms with Crippen molar-refractivity contribution in [3.63, 3.8) is 0 Å². The topological polar surface area (TPSA) is 121 Å². The SMILES string of the molecule is Cc1ccnc(NS(=O)(=O)c2ccc3c(c2)CCN3C(=O)C(=Cc2cccs2)NC(=O)c2cccs2)n1. The van der Waals surface area contributed by atoms with E-state index in [0.29, 0.717) is 34.8 Å². The van der Waals surface area contributed by atoms with Gasteiger partial charge in [0, 0.05) is 29.0 Å². The molecule has 0 fully saturated rings. The zero-order chi connectivity index (χ0) is 26.0. The monoisotopic (exact) mass is 551 g/mol. The van der Waals surface area contributed by atoms with Gasteiger partial charge < -0.3 is 10.2 Å². The summed E-state index contributed by atoms with van der Waals surface area (Å²) in [4.78, 5) is 37.3. The number of fused-ring (bicyclic) bond motifs is 1. The molecule has 9 nitrogen and oxygen atoms in total. The second-order valence-corrected chi connectivity index (χ2v) is 11.7. The summed E-state index contributed by atoms with van der Waals surface area (Å²) in [6.07, 6.45) is 3.60. The van der Waals surface area contributed by atoms with Crippen LogP contribution in [-0.4, -0.2) is 36.7 Å². The second-order valence-electron chi connectivity index (χ2n) is 8.13. The lowest BCUT2D eigenvalue weighted by Gasteiger charge is -2.20. The Hall–Kier alpha value is -3.87. The van der Waals surface area contributed by atoms with Gasteiger partial charge in [0.25, 0.3) is 21.8 Å². The number of sulfonamides is 1. The van der Waals surface area contributed by atoms with Crippen LogP contribution in [0.3, 0.4) is 0 Å². The smallest absolute Gasteiger partial charge is 0.274 e. The van der Waals surface area contributed by atoms with Crippen LogP contribution in [-0.2, 0) is 21.2 Å². The molecule has 2 N–H and O–H groups in total. The van der Waals surface area contributed by atoms with E-state index in [2.05, 4.69) is 20.0 Å². The summed E-state index contributed by atoms with van der Waals surface area (Å²) < 4.78 is 28.2. The van der Waals surface area contributed by atoms with Crippen LogP contribution in [0.2, 0.25) is 0 Å². The Balaban J connectivity index is 1.40. The summed E-state index contributed by atoms with van der Waals surface area (Å²) in [6, 6.07) is 13.4. The third kappa shape index (κ3) is 5.45. The molecule has 0 spiro atoms. The van der Waals surface area contributed by atoms with Crippen LogP contribution in [0.4, 0.5) is 11.6 Å². The molecule has 0 atom stereocenters. The summed E-state index contributed by atoms with van der Waals surface area (Å²) in [5.74, 6) is -0.752. The van der Waals surface area contributed by atoms with Crippen molar-refractivity contribution in [3.05, 3.63) is 92.2 Å². The van der Waals surface area contributed by atoms with Crippen molar-refractivity contribution in [2.45, 2.75) is 18.2 Å². The molecule has 37 heavy (non-hydrogen) atoms. The Morgan fingerprint density at radius 3 is 2.62 bits per heavy atom. The number of hydrogen-bond donors (Lipinski definition) is 2. The number of benzene rings is 1. The molecule has 2 amide bonds. The fraction of sp³-hybridized carbons (Fsp3) is 0.120. The lowest BCUT2D eigenvalue weighted by atomic mass is 10.2. The average molecular weight is 552 g/mol. The molecule has 4 aromatic rings. The van der Waals surface area contributed by atoms with E-state index in [1.54, 1.807) is 53.6 Å². The van der Waals surface area contributed by atoms with E-state index in [9.17, 15) is 18.0 Å². The molecule has 3 aromatic heterocycles. The van der Waals surface area contributed by atoms with Crippen molar-refractivity contribution in [1.82, 2.24) is 15.3 Å². The fourth-order valence-corrected chi connectivity index (χ4v) is 6.11. The normalized spacial score (nSPS) is 13.3. The van der Waals surface area contributed by atoms with Crippen LogP contribution >= 0.6 is 22.7 Å². The maximum absolute atomic E-state index is 13.6. The molecular formula is C25H21N5O4S3. The number of nitrogens with one attached hydrogen (secondary N) is 2. The number of nitrogens with zero attached hydrogens (tertiary/aromatic N) is 3. The molecular weight excluding hydrogens is 531 g/mol. The molecule has 0 saturated carbocycles. The van der Waals surface area contributed by atoms with Gasteiger partial charge in [0.1, 0.15) is 5.70 Å². The van der Waals surface area contributed by atoms with E-state index in [0.717, 1.165) is 4.88 Å². The number of carbonyl (C=O) groups excluding carboxylic acids is 2. The molecule has 1 aliphatic rings. The molecule has 0 saturated heterocycles. The summed E-state index contributed by atoms with van der Waals surface area (Å²) in [5.41, 5.74) is 2.08. The maximum Gasteiger partial charge on any atom is 0.274 e. The Kier molecular flexibility index (Phi) is 6.87. The highest BCUT2D eigenvalue weighted by atomic mass is 32.2. The summed E-state index contributed by atoms with van der Waals surface area (Å²) in [5, 5.41) is 6.44. The fourth-order valence-electron chi connectivity index (χ4n) is 3.84. The highest BCUT2D eigenvalue weighted by molar-refractivity contribution is 7.92. The van der Waals surface area contributed by atoms with E-state index in [4.69, 9.17) is 0 Å². The van der Waals surface area contributed by atoms with E-state index < -0.39 is 10.0 Å². The number of carbonyl (C=O) groups is 2. The van der Waals surface area contributed by atoms with E-state index in [1.165, 1.54) is 34.9 Å². The van der Waals surface area contributed by atoms with Gasteiger partial charge >= 0.3 is 0 Å². The van der Waals surface area contributed by atoms with Crippen molar-refractivity contribution < 1.29 is 18.0 Å². The third-order valence-electron chi connectivity index (χ3n) is 5.58. The third-order valence-corrected chi connectivity index (χ3v) is 8.59. The number of anilines is 2. The predicted molar refractivity (Wildman–Crippen MR) is 144 cm³/mol. The maximum atomic E-state index is 13.6. The minimum Gasteiger partial charge on any atom is -0.317 e. The van der Waals surface area contributed by atoms with Gasteiger partial charge in [-0.05, 0) is 72.1 Å². The molecule has 188 valence electrons. The van der Waals surface area contributed by atoms with Crippen LogP contribution < -0.4 is 14.9 Å². The molecule has 12 heteroatoms. The Morgan fingerprint density at radius 2 is 1.89 bits per heavy atom. The van der Waals surface area contributed by atoms with Crippen molar-refractivity contribution >= 4 is 62.2 Å². The molecule has 0 aliphatic carbocycles. The van der Waals surface area contributed by atoms with Crippen molar-refractivity contribution in [3.8, 4) is 0 Å². The highest BCUT2D eigenvalue weighted by Crippen LogP contribution is 2.32. The zero-order valence-corrected chi connectivity index (χ0v) is 22.0. The van der Waals surface area contributed by atoms with Crippen LogP contribution in [0.5, 0.6) is 0 Å². The van der Waals surface area contributed by atoms with Crippen molar-refractivity contribution in [2.24, 2.45) is 0 Å². The molecule has 1 aliphatic heterocycles. The lowest BCUT2D eigenvalue weighted by molar-refractivity contribution is -0.115. The predicted octanol–water partition coefficient (Wildman–Crippen LogP) is 4.07. The van der Waals surface area contributed by atoms with E-state index in [-0.39, 0.29) is 28.4 Å². The van der Waals surface area contributed by atoms with Crippen LogP contribution in [0, 0.1) is 6.92 Å². The van der Waals surface area contributed by atoms with Crippen molar-refractivity contribution in [2.75, 3.05) is 16.2 Å². The quantitative estimate of drug-likeness (QED) is 0.334. The first-order valence-electron chi connectivity index (χ1n) is 11.2. The minimum absolute atomic E-state index is 0.0119. The average Bonchev–Trinajstić information content (AvgIpc) is 3.65. The number of rotatable bonds is 7. The van der Waals surface area contributed by atoms with Crippen LogP contribution in [0.1, 0.15) is 25.8 Å². The summed E-state index contributed by atoms with van der Waals surface area (Å²) >= 11 is 2.73. The van der Waals surface area contributed by atoms with Gasteiger partial charge in [-0.1, -0.05) is 12.1 Å². The molecule has 0 unspecified atom stereocenters. The largest absolute Gasteiger partial charge is 0.317 e. The molecule has 0 radical (unpaired) electrons. The number of aromatic nitrogens is 2. The Morgan fingerprint density at radius 1 is 1.08 bits per heavy atom. The van der Waals surface area contributed by atoms with Crippen molar-refractivity contribution in [1.29, 1.82) is 0 Å². The van der Waals surface area contributed by atoms with Gasteiger partial charge in [0.05, 0.1) is 9.77 Å². The molecule has 0 bridgehead atoms.